The van der Waals surface area contributed by atoms with Crippen LogP contribution in [0, 0.1) is 5.92 Å². The van der Waals surface area contributed by atoms with Gasteiger partial charge >= 0.3 is 0 Å². The van der Waals surface area contributed by atoms with E-state index in [2.05, 4.69) is 19.2 Å². The van der Waals surface area contributed by atoms with Crippen LogP contribution in [0.5, 0.6) is 0 Å². The molecule has 1 amide bonds. The van der Waals surface area contributed by atoms with Gasteiger partial charge in [-0.2, -0.15) is 0 Å². The van der Waals surface area contributed by atoms with Crippen molar-refractivity contribution in [1.29, 1.82) is 0 Å². The van der Waals surface area contributed by atoms with Crippen molar-refractivity contribution in [3.05, 3.63) is 0 Å². The summed E-state index contributed by atoms with van der Waals surface area (Å²) in [5.74, 6) is -0.877. The van der Waals surface area contributed by atoms with Crippen LogP contribution in [0.4, 0.5) is 0 Å². The molecule has 8 atom stereocenters. The summed E-state index contributed by atoms with van der Waals surface area (Å²) in [6.45, 7) is 3.98. The summed E-state index contributed by atoms with van der Waals surface area (Å²) in [6.07, 6.45) is 38.3. The molecule has 0 aromatic carbocycles. The second-order valence-corrected chi connectivity index (χ2v) is 19.0. The molecule has 60 heavy (non-hydrogen) atoms. The Morgan fingerprint density at radius 1 is 0.517 bits per heavy atom. The third kappa shape index (κ3) is 30.3. The number of carbonyl (C=O) groups excluding carboxylic acids is 1. The van der Waals surface area contributed by atoms with E-state index >= 15 is 0 Å². The molecule has 1 aliphatic rings. The molecule has 0 aromatic rings. The monoisotopic (exact) mass is 856 g/mol. The largest absolute Gasteiger partial charge is 0.396 e. The number of hydrogen-bond donors (Lipinski definition) is 7. The fourth-order valence-electron chi connectivity index (χ4n) is 9.06. The van der Waals surface area contributed by atoms with Crippen molar-refractivity contribution >= 4 is 5.91 Å². The molecular weight excluding hydrogens is 755 g/mol. The van der Waals surface area contributed by atoms with E-state index in [-0.39, 0.29) is 25.5 Å². The highest BCUT2D eigenvalue weighted by molar-refractivity contribution is 5.76. The summed E-state index contributed by atoms with van der Waals surface area (Å²) in [7, 11) is 0. The Balaban J connectivity index is 2.26. The first-order valence-electron chi connectivity index (χ1n) is 26.2. The van der Waals surface area contributed by atoms with Crippen molar-refractivity contribution < 1.29 is 40.2 Å². The van der Waals surface area contributed by atoms with Crippen molar-refractivity contribution in [2.24, 2.45) is 5.92 Å². The molecule has 0 aliphatic heterocycles. The van der Waals surface area contributed by atoms with E-state index in [0.717, 1.165) is 38.5 Å². The Kier molecular flexibility index (Phi) is 39.0. The number of carbonyl (C=O) groups is 1. The zero-order valence-corrected chi connectivity index (χ0v) is 39.4. The van der Waals surface area contributed by atoms with Gasteiger partial charge < -0.3 is 40.7 Å². The normalized spacial score (nSPS) is 21.0. The lowest BCUT2D eigenvalue weighted by molar-refractivity contribution is -0.182. The summed E-state index contributed by atoms with van der Waals surface area (Å²) in [5, 5.41) is 65.8. The van der Waals surface area contributed by atoms with Gasteiger partial charge in [-0.15, -0.1) is 0 Å². The van der Waals surface area contributed by atoms with Crippen LogP contribution in [0.25, 0.3) is 0 Å². The quantitative estimate of drug-likeness (QED) is 0.0298. The summed E-state index contributed by atoms with van der Waals surface area (Å²) in [4.78, 5) is 13.1. The summed E-state index contributed by atoms with van der Waals surface area (Å²) >= 11 is 0. The predicted molar refractivity (Wildman–Crippen MR) is 249 cm³/mol. The van der Waals surface area contributed by atoms with Crippen LogP contribution in [0.2, 0.25) is 0 Å². The van der Waals surface area contributed by atoms with Gasteiger partial charge in [-0.1, -0.05) is 232 Å². The SMILES string of the molecule is CCCCCCCCCCCCCCCCCCCCCCCCCC(=O)N[C@@H](CO[C@H]1C[C@H](CO)[C@H](O)[C@H](O)[C@H]1O)[C@H](O)[C@H](O)CCCCCCCCCCCCCC. The summed E-state index contributed by atoms with van der Waals surface area (Å²) in [6, 6.07) is -0.905. The predicted octanol–water partition coefficient (Wildman–Crippen LogP) is 11.1. The van der Waals surface area contributed by atoms with Gasteiger partial charge in [0, 0.05) is 18.9 Å². The van der Waals surface area contributed by atoms with E-state index in [0.29, 0.717) is 12.8 Å². The van der Waals surface area contributed by atoms with Gasteiger partial charge in [0.15, 0.2) is 0 Å². The maximum atomic E-state index is 13.1. The van der Waals surface area contributed by atoms with Gasteiger partial charge in [0.1, 0.15) is 18.3 Å². The fourth-order valence-corrected chi connectivity index (χ4v) is 9.06. The van der Waals surface area contributed by atoms with Gasteiger partial charge in [-0.25, -0.2) is 0 Å². The molecule has 1 rings (SSSR count). The molecule has 1 saturated carbocycles. The molecule has 0 saturated heterocycles. The van der Waals surface area contributed by atoms with Gasteiger partial charge in [-0.3, -0.25) is 4.79 Å². The van der Waals surface area contributed by atoms with E-state index in [4.69, 9.17) is 4.74 Å². The highest BCUT2D eigenvalue weighted by atomic mass is 16.5. The number of amides is 1. The smallest absolute Gasteiger partial charge is 0.220 e. The minimum Gasteiger partial charge on any atom is -0.396 e. The van der Waals surface area contributed by atoms with E-state index in [1.807, 2.05) is 0 Å². The van der Waals surface area contributed by atoms with E-state index in [1.54, 1.807) is 0 Å². The van der Waals surface area contributed by atoms with Gasteiger partial charge in [0.05, 0.1) is 31.0 Å². The minimum atomic E-state index is -1.48. The van der Waals surface area contributed by atoms with Crippen LogP contribution >= 0.6 is 0 Å². The zero-order valence-electron chi connectivity index (χ0n) is 39.4. The van der Waals surface area contributed by atoms with Crippen molar-refractivity contribution in [2.45, 2.75) is 301 Å². The molecule has 358 valence electrons. The molecule has 0 heterocycles. The number of rotatable bonds is 44. The fraction of sp³-hybridized carbons (Fsp3) is 0.980. The number of unbranched alkanes of at least 4 members (excludes halogenated alkanes) is 33. The van der Waals surface area contributed by atoms with Gasteiger partial charge in [0.25, 0.3) is 0 Å². The number of ether oxygens (including phenoxy) is 1. The molecule has 0 radical (unpaired) electrons. The number of aliphatic hydroxyl groups excluding tert-OH is 6. The topological polar surface area (TPSA) is 160 Å². The zero-order chi connectivity index (χ0) is 43.9. The van der Waals surface area contributed by atoms with Crippen LogP contribution in [0.1, 0.15) is 258 Å². The maximum absolute atomic E-state index is 13.1. The van der Waals surface area contributed by atoms with E-state index < -0.39 is 48.6 Å². The van der Waals surface area contributed by atoms with Crippen LogP contribution in [0.15, 0.2) is 0 Å². The van der Waals surface area contributed by atoms with Crippen molar-refractivity contribution in [1.82, 2.24) is 5.32 Å². The van der Waals surface area contributed by atoms with Crippen LogP contribution in [-0.2, 0) is 9.53 Å². The van der Waals surface area contributed by atoms with E-state index in [9.17, 15) is 35.4 Å². The highest BCUT2D eigenvalue weighted by Gasteiger charge is 2.43. The Morgan fingerprint density at radius 2 is 0.867 bits per heavy atom. The minimum absolute atomic E-state index is 0.119. The Bertz CT molecular complexity index is 924. The first kappa shape index (κ1) is 57.2. The molecule has 0 aromatic heterocycles. The molecule has 0 unspecified atom stereocenters. The standard InChI is InChI=1S/C51H101NO8/c1-3-5-7-9-11-13-15-17-18-19-20-21-22-23-24-25-26-27-29-31-33-35-37-39-47(55)52-44(42-60-46-40-43(41-53)48(56)51(59)50(46)58)49(57)45(54)38-36-34-32-30-28-16-14-12-10-8-6-4-2/h43-46,48-51,53-54,56-59H,3-42H2,1-2H3,(H,52,55)/t43-,44+,45-,46+,48+,49+,50+,51+/m1/s1. The van der Waals surface area contributed by atoms with Gasteiger partial charge in [-0.05, 0) is 19.3 Å². The highest BCUT2D eigenvalue weighted by Crippen LogP contribution is 2.28. The molecule has 0 spiro atoms. The maximum Gasteiger partial charge on any atom is 0.220 e. The van der Waals surface area contributed by atoms with Crippen LogP contribution in [0.3, 0.4) is 0 Å². The number of hydrogen-bond acceptors (Lipinski definition) is 8. The molecule has 1 aliphatic carbocycles. The Labute approximate surface area is 370 Å². The first-order chi connectivity index (χ1) is 29.3. The molecule has 0 bridgehead atoms. The average Bonchev–Trinajstić information content (AvgIpc) is 3.25. The van der Waals surface area contributed by atoms with Crippen LogP contribution < -0.4 is 5.32 Å². The Morgan fingerprint density at radius 3 is 1.23 bits per heavy atom. The molecular formula is C51H101NO8. The molecule has 9 nitrogen and oxygen atoms in total. The summed E-state index contributed by atoms with van der Waals surface area (Å²) < 4.78 is 5.93. The van der Waals surface area contributed by atoms with Crippen molar-refractivity contribution in [2.75, 3.05) is 13.2 Å². The second-order valence-electron chi connectivity index (χ2n) is 19.0. The third-order valence-corrected chi connectivity index (χ3v) is 13.3. The lowest BCUT2D eigenvalue weighted by atomic mass is 9.81. The van der Waals surface area contributed by atoms with Gasteiger partial charge in [0.2, 0.25) is 5.91 Å². The van der Waals surface area contributed by atoms with Crippen molar-refractivity contribution in [3.8, 4) is 0 Å². The lowest BCUT2D eigenvalue weighted by Crippen LogP contribution is -2.57. The van der Waals surface area contributed by atoms with E-state index in [1.165, 1.54) is 186 Å². The van der Waals surface area contributed by atoms with Crippen LogP contribution in [-0.4, -0.2) is 92.4 Å². The average molecular weight is 856 g/mol. The van der Waals surface area contributed by atoms with Crippen molar-refractivity contribution in [3.63, 3.8) is 0 Å². The Hall–Kier alpha value is -0.810. The molecule has 9 heteroatoms. The number of nitrogens with one attached hydrogen (secondary N) is 1. The second kappa shape index (κ2) is 40.9. The molecule has 1 fully saturated rings. The number of aliphatic hydroxyl groups is 6. The first-order valence-corrected chi connectivity index (χ1v) is 26.2. The molecule has 7 N–H and O–H groups in total. The summed E-state index contributed by atoms with van der Waals surface area (Å²) in [5.41, 5.74) is 0. The lowest BCUT2D eigenvalue weighted by Gasteiger charge is -2.40. The third-order valence-electron chi connectivity index (χ3n) is 13.3.